The van der Waals surface area contributed by atoms with Gasteiger partial charge in [0.05, 0.1) is 6.61 Å². The molecule has 0 atom stereocenters. The van der Waals surface area contributed by atoms with Crippen molar-refractivity contribution in [3.8, 4) is 5.75 Å². The second kappa shape index (κ2) is 2.51. The van der Waals surface area contributed by atoms with E-state index < -0.39 is 0 Å². The fourth-order valence-corrected chi connectivity index (χ4v) is 0.634. The minimum atomic E-state index is -0.167. The van der Waals surface area contributed by atoms with Crippen LogP contribution in [-0.2, 0) is 6.61 Å². The Kier molecular flexibility index (Phi) is 1.70. The molecule has 9 heavy (non-hydrogen) atoms. The molecule has 0 aliphatic heterocycles. The standard InChI is InChI=1S/C7H8O2/c8-5-6-3-1-2-4-7(6)9/h1-4,8-9H,5H2/p-1. The second-order valence-corrected chi connectivity index (χ2v) is 1.77. The van der Waals surface area contributed by atoms with E-state index in [2.05, 4.69) is 0 Å². The first-order valence-electron chi connectivity index (χ1n) is 2.70. The van der Waals surface area contributed by atoms with Crippen LogP contribution in [0.5, 0.6) is 5.75 Å². The van der Waals surface area contributed by atoms with Crippen molar-refractivity contribution in [2.45, 2.75) is 6.61 Å². The van der Waals surface area contributed by atoms with E-state index in [1.165, 1.54) is 6.07 Å². The van der Waals surface area contributed by atoms with Crippen LogP contribution in [0.2, 0.25) is 0 Å². The van der Waals surface area contributed by atoms with Crippen molar-refractivity contribution in [2.75, 3.05) is 0 Å². The third kappa shape index (κ3) is 1.21. The predicted octanol–water partition coefficient (Wildman–Crippen LogP) is 0.252. The van der Waals surface area contributed by atoms with E-state index in [-0.39, 0.29) is 12.4 Å². The number of hydrogen-bond donors (Lipinski definition) is 1. The van der Waals surface area contributed by atoms with Gasteiger partial charge in [-0.25, -0.2) is 0 Å². The molecule has 48 valence electrons. The molecule has 0 fully saturated rings. The van der Waals surface area contributed by atoms with E-state index in [0.717, 1.165) is 0 Å². The molecular weight excluding hydrogens is 116 g/mol. The molecule has 0 saturated heterocycles. The quantitative estimate of drug-likeness (QED) is 0.581. The summed E-state index contributed by atoms with van der Waals surface area (Å²) >= 11 is 0. The van der Waals surface area contributed by atoms with Gasteiger partial charge in [-0.1, -0.05) is 24.3 Å². The van der Waals surface area contributed by atoms with Crippen LogP contribution in [0.15, 0.2) is 24.3 Å². The van der Waals surface area contributed by atoms with E-state index in [1.807, 2.05) is 0 Å². The average molecular weight is 123 g/mol. The third-order valence-corrected chi connectivity index (χ3v) is 1.14. The van der Waals surface area contributed by atoms with Crippen LogP contribution in [0.25, 0.3) is 0 Å². The summed E-state index contributed by atoms with van der Waals surface area (Å²) in [6, 6.07) is 6.43. The summed E-state index contributed by atoms with van der Waals surface area (Å²) in [5.41, 5.74) is 0.456. The molecule has 1 N–H and O–H groups in total. The number of rotatable bonds is 1. The SMILES string of the molecule is [O-]c1ccccc1CO. The molecule has 0 aromatic heterocycles. The fraction of sp³-hybridized carbons (Fsp3) is 0.143. The summed E-state index contributed by atoms with van der Waals surface area (Å²) < 4.78 is 0. The first kappa shape index (κ1) is 6.11. The largest absolute Gasteiger partial charge is 0.872 e. The summed E-state index contributed by atoms with van der Waals surface area (Å²) in [6.45, 7) is -0.167. The molecule has 0 unspecified atom stereocenters. The molecule has 0 bridgehead atoms. The molecule has 0 amide bonds. The summed E-state index contributed by atoms with van der Waals surface area (Å²) in [5.74, 6) is -0.0972. The van der Waals surface area contributed by atoms with Gasteiger partial charge >= 0.3 is 0 Å². The van der Waals surface area contributed by atoms with E-state index in [1.54, 1.807) is 18.2 Å². The monoisotopic (exact) mass is 123 g/mol. The maximum absolute atomic E-state index is 10.7. The molecule has 0 aliphatic carbocycles. The van der Waals surface area contributed by atoms with Crippen molar-refractivity contribution in [1.29, 1.82) is 0 Å². The van der Waals surface area contributed by atoms with E-state index in [9.17, 15) is 5.11 Å². The number of aliphatic hydroxyl groups excluding tert-OH is 1. The minimum Gasteiger partial charge on any atom is -0.872 e. The Morgan fingerprint density at radius 2 is 2.00 bits per heavy atom. The molecule has 2 heteroatoms. The first-order chi connectivity index (χ1) is 4.34. The number of benzene rings is 1. The van der Waals surface area contributed by atoms with Gasteiger partial charge in [0, 0.05) is 0 Å². The lowest BCUT2D eigenvalue weighted by Crippen LogP contribution is -1.95. The lowest BCUT2D eigenvalue weighted by Gasteiger charge is -2.08. The Bertz CT molecular complexity index is 196. The Morgan fingerprint density at radius 3 is 2.44 bits per heavy atom. The Balaban J connectivity index is 3.01. The van der Waals surface area contributed by atoms with Gasteiger partial charge in [-0.2, -0.15) is 0 Å². The molecule has 0 heterocycles. The van der Waals surface area contributed by atoms with Crippen molar-refractivity contribution in [2.24, 2.45) is 0 Å². The third-order valence-electron chi connectivity index (χ3n) is 1.14. The topological polar surface area (TPSA) is 43.3 Å². The average Bonchev–Trinajstić information content (AvgIpc) is 1.89. The van der Waals surface area contributed by atoms with Gasteiger partial charge in [0.25, 0.3) is 0 Å². The molecule has 2 nitrogen and oxygen atoms in total. The summed E-state index contributed by atoms with van der Waals surface area (Å²) in [5, 5.41) is 19.2. The van der Waals surface area contributed by atoms with Crippen LogP contribution in [-0.4, -0.2) is 5.11 Å². The summed E-state index contributed by atoms with van der Waals surface area (Å²) in [7, 11) is 0. The molecular formula is C7H7O2-. The smallest absolute Gasteiger partial charge is 0.0675 e. The molecule has 1 aromatic rings. The predicted molar refractivity (Wildman–Crippen MR) is 31.8 cm³/mol. The highest BCUT2D eigenvalue weighted by Crippen LogP contribution is 2.10. The summed E-state index contributed by atoms with van der Waals surface area (Å²) in [6.07, 6.45) is 0. The van der Waals surface area contributed by atoms with Crippen molar-refractivity contribution < 1.29 is 10.2 Å². The highest BCUT2D eigenvalue weighted by Gasteiger charge is 1.85. The molecule has 0 aliphatic rings. The van der Waals surface area contributed by atoms with Gasteiger partial charge < -0.3 is 10.2 Å². The minimum absolute atomic E-state index is 0.0972. The van der Waals surface area contributed by atoms with Gasteiger partial charge in [-0.3, -0.25) is 0 Å². The Labute approximate surface area is 53.4 Å². The van der Waals surface area contributed by atoms with Crippen LogP contribution in [0.3, 0.4) is 0 Å². The molecule has 1 rings (SSSR count). The highest BCUT2D eigenvalue weighted by molar-refractivity contribution is 5.29. The molecule has 0 saturated carbocycles. The molecule has 1 aromatic carbocycles. The number of para-hydroxylation sites is 1. The molecule has 0 spiro atoms. The number of aliphatic hydroxyl groups is 1. The lowest BCUT2D eigenvalue weighted by molar-refractivity contribution is -0.269. The number of hydrogen-bond acceptors (Lipinski definition) is 2. The zero-order valence-corrected chi connectivity index (χ0v) is 4.87. The van der Waals surface area contributed by atoms with Crippen LogP contribution < -0.4 is 5.11 Å². The van der Waals surface area contributed by atoms with E-state index in [4.69, 9.17) is 5.11 Å². The maximum atomic E-state index is 10.7. The van der Waals surface area contributed by atoms with Gasteiger partial charge in [0.1, 0.15) is 0 Å². The summed E-state index contributed by atoms with van der Waals surface area (Å²) in [4.78, 5) is 0. The lowest BCUT2D eigenvalue weighted by atomic mass is 10.2. The van der Waals surface area contributed by atoms with Crippen molar-refractivity contribution >= 4 is 0 Å². The van der Waals surface area contributed by atoms with Crippen LogP contribution in [0, 0.1) is 0 Å². The van der Waals surface area contributed by atoms with E-state index in [0.29, 0.717) is 5.56 Å². The Hall–Kier alpha value is -1.02. The van der Waals surface area contributed by atoms with Gasteiger partial charge in [0.2, 0.25) is 0 Å². The van der Waals surface area contributed by atoms with Gasteiger partial charge in [-0.15, -0.1) is 5.75 Å². The maximum Gasteiger partial charge on any atom is 0.0675 e. The zero-order valence-electron chi connectivity index (χ0n) is 4.87. The second-order valence-electron chi connectivity index (χ2n) is 1.77. The van der Waals surface area contributed by atoms with Crippen LogP contribution >= 0.6 is 0 Å². The van der Waals surface area contributed by atoms with Crippen molar-refractivity contribution in [3.63, 3.8) is 0 Å². The van der Waals surface area contributed by atoms with Gasteiger partial charge in [0.15, 0.2) is 0 Å². The zero-order chi connectivity index (χ0) is 6.69. The Morgan fingerprint density at radius 1 is 1.33 bits per heavy atom. The van der Waals surface area contributed by atoms with E-state index >= 15 is 0 Å². The van der Waals surface area contributed by atoms with Crippen molar-refractivity contribution in [1.82, 2.24) is 0 Å². The normalized spacial score (nSPS) is 9.44. The van der Waals surface area contributed by atoms with Crippen LogP contribution in [0.4, 0.5) is 0 Å². The van der Waals surface area contributed by atoms with Crippen molar-refractivity contribution in [3.05, 3.63) is 29.8 Å². The van der Waals surface area contributed by atoms with Gasteiger partial charge in [-0.05, 0) is 5.56 Å². The van der Waals surface area contributed by atoms with Crippen LogP contribution in [0.1, 0.15) is 5.56 Å². The highest BCUT2D eigenvalue weighted by atomic mass is 16.3. The first-order valence-corrected chi connectivity index (χ1v) is 2.70. The fourth-order valence-electron chi connectivity index (χ4n) is 0.634. The molecule has 0 radical (unpaired) electrons.